The van der Waals surface area contributed by atoms with Crippen LogP contribution in [0.1, 0.15) is 40.0 Å². The molecule has 0 amide bonds. The molecule has 1 rings (SSSR count). The van der Waals surface area contributed by atoms with Gasteiger partial charge in [-0.1, -0.05) is 13.8 Å². The van der Waals surface area contributed by atoms with E-state index in [-0.39, 0.29) is 18.4 Å². The zero-order valence-corrected chi connectivity index (χ0v) is 12.4. The molecule has 1 heterocycles. The van der Waals surface area contributed by atoms with E-state index in [4.69, 9.17) is 9.84 Å². The summed E-state index contributed by atoms with van der Waals surface area (Å²) in [4.78, 5) is 11.1. The molecule has 112 valence electrons. The lowest BCUT2D eigenvalue weighted by atomic mass is 10.1. The van der Waals surface area contributed by atoms with Crippen molar-refractivity contribution in [1.29, 1.82) is 0 Å². The van der Waals surface area contributed by atoms with E-state index in [1.165, 1.54) is 0 Å². The van der Waals surface area contributed by atoms with Crippen LogP contribution in [0.25, 0.3) is 0 Å². The van der Waals surface area contributed by atoms with Crippen LogP contribution in [0.15, 0.2) is 0 Å². The summed E-state index contributed by atoms with van der Waals surface area (Å²) in [6.45, 7) is 5.95. The van der Waals surface area contributed by atoms with Crippen molar-refractivity contribution in [1.82, 2.24) is 4.72 Å². The smallest absolute Gasteiger partial charge is 0.321 e. The summed E-state index contributed by atoms with van der Waals surface area (Å²) in [6.07, 6.45) is 0.994. The maximum Gasteiger partial charge on any atom is 0.321 e. The van der Waals surface area contributed by atoms with Gasteiger partial charge in [0.25, 0.3) is 0 Å². The van der Waals surface area contributed by atoms with Crippen LogP contribution in [0.2, 0.25) is 0 Å². The molecular formula is C12H23NO5S. The summed E-state index contributed by atoms with van der Waals surface area (Å²) >= 11 is 0. The van der Waals surface area contributed by atoms with Crippen molar-refractivity contribution in [2.75, 3.05) is 6.61 Å². The molecule has 0 aromatic heterocycles. The first kappa shape index (κ1) is 16.4. The molecule has 2 unspecified atom stereocenters. The lowest BCUT2D eigenvalue weighted by Gasteiger charge is -2.28. The van der Waals surface area contributed by atoms with Crippen LogP contribution < -0.4 is 4.72 Å². The number of aliphatic carboxylic acids is 1. The van der Waals surface area contributed by atoms with Crippen LogP contribution in [-0.2, 0) is 19.6 Å². The monoisotopic (exact) mass is 293 g/mol. The molecule has 0 aliphatic carbocycles. The molecule has 7 heteroatoms. The van der Waals surface area contributed by atoms with Crippen molar-refractivity contribution in [3.63, 3.8) is 0 Å². The van der Waals surface area contributed by atoms with Gasteiger partial charge in [-0.2, -0.15) is 0 Å². The van der Waals surface area contributed by atoms with E-state index >= 15 is 0 Å². The molecule has 0 spiro atoms. The van der Waals surface area contributed by atoms with Gasteiger partial charge < -0.3 is 9.84 Å². The first-order valence-corrected chi connectivity index (χ1v) is 8.12. The van der Waals surface area contributed by atoms with Crippen molar-refractivity contribution < 1.29 is 23.1 Å². The summed E-state index contributed by atoms with van der Waals surface area (Å²) < 4.78 is 32.0. The van der Waals surface area contributed by atoms with Gasteiger partial charge in [0.05, 0.1) is 11.4 Å². The molecule has 1 aliphatic heterocycles. The topological polar surface area (TPSA) is 92.7 Å². The van der Waals surface area contributed by atoms with Gasteiger partial charge >= 0.3 is 5.97 Å². The second-order valence-electron chi connectivity index (χ2n) is 5.51. The lowest BCUT2D eigenvalue weighted by Crippen LogP contribution is -2.47. The van der Waals surface area contributed by atoms with Crippen molar-refractivity contribution in [2.45, 2.75) is 57.4 Å². The van der Waals surface area contributed by atoms with Gasteiger partial charge in [0.15, 0.2) is 0 Å². The van der Waals surface area contributed by atoms with Crippen LogP contribution >= 0.6 is 0 Å². The van der Waals surface area contributed by atoms with E-state index in [9.17, 15) is 13.2 Å². The van der Waals surface area contributed by atoms with E-state index in [1.807, 2.05) is 20.8 Å². The van der Waals surface area contributed by atoms with Crippen molar-refractivity contribution in [3.8, 4) is 0 Å². The minimum Gasteiger partial charge on any atom is -0.480 e. The number of sulfonamides is 1. The molecular weight excluding hydrogens is 270 g/mol. The maximum atomic E-state index is 12.2. The van der Waals surface area contributed by atoms with Gasteiger partial charge in [-0.3, -0.25) is 4.79 Å². The number of hydrogen-bond donors (Lipinski definition) is 2. The molecule has 0 aromatic rings. The Hall–Kier alpha value is -0.660. The number of carbonyl (C=O) groups is 1. The Labute approximate surface area is 114 Å². The average molecular weight is 293 g/mol. The number of hydrogen-bond acceptors (Lipinski definition) is 4. The van der Waals surface area contributed by atoms with Crippen LogP contribution in [0.5, 0.6) is 0 Å². The Morgan fingerprint density at radius 2 is 2.11 bits per heavy atom. The van der Waals surface area contributed by atoms with E-state index in [0.29, 0.717) is 19.4 Å². The molecule has 19 heavy (non-hydrogen) atoms. The Balaban J connectivity index is 2.73. The quantitative estimate of drug-likeness (QED) is 0.761. The number of carboxylic acid groups (broad SMARTS) is 1. The highest BCUT2D eigenvalue weighted by Crippen LogP contribution is 2.20. The third-order valence-corrected chi connectivity index (χ3v) is 5.11. The average Bonchev–Trinajstić information content (AvgIpc) is 2.27. The van der Waals surface area contributed by atoms with Gasteiger partial charge in [-0.15, -0.1) is 0 Å². The molecule has 1 fully saturated rings. The number of nitrogens with one attached hydrogen (secondary N) is 1. The highest BCUT2D eigenvalue weighted by Gasteiger charge is 2.34. The first-order chi connectivity index (χ1) is 8.72. The predicted octanol–water partition coefficient (Wildman–Crippen LogP) is 0.973. The Morgan fingerprint density at radius 1 is 1.47 bits per heavy atom. The lowest BCUT2D eigenvalue weighted by molar-refractivity contribution is -0.139. The standard InChI is InChI=1S/C12H23NO5S/c1-8(2)6-11(12(14)15)13-19(16,17)10-4-5-18-9(3)7-10/h8-11,13H,4-7H2,1-3H3,(H,14,15)/t9?,10?,11-/m1/s1. The van der Waals surface area contributed by atoms with E-state index in [2.05, 4.69) is 4.72 Å². The van der Waals surface area contributed by atoms with Gasteiger partial charge in [-0.25, -0.2) is 13.1 Å². The maximum absolute atomic E-state index is 12.2. The van der Waals surface area contributed by atoms with Crippen molar-refractivity contribution in [2.24, 2.45) is 5.92 Å². The van der Waals surface area contributed by atoms with Crippen LogP contribution in [0.3, 0.4) is 0 Å². The van der Waals surface area contributed by atoms with Gasteiger partial charge in [0, 0.05) is 6.61 Å². The number of ether oxygens (including phenoxy) is 1. The van der Waals surface area contributed by atoms with Crippen molar-refractivity contribution in [3.05, 3.63) is 0 Å². The molecule has 1 aliphatic rings. The second-order valence-corrected chi connectivity index (χ2v) is 7.50. The summed E-state index contributed by atoms with van der Waals surface area (Å²) in [7, 11) is -3.62. The second kappa shape index (κ2) is 6.67. The number of carboxylic acids is 1. The molecule has 0 radical (unpaired) electrons. The van der Waals surface area contributed by atoms with Gasteiger partial charge in [0.1, 0.15) is 6.04 Å². The van der Waals surface area contributed by atoms with Gasteiger partial charge in [0.2, 0.25) is 10.0 Å². The molecule has 0 saturated carbocycles. The largest absolute Gasteiger partial charge is 0.480 e. The molecule has 2 N–H and O–H groups in total. The summed E-state index contributed by atoms with van der Waals surface area (Å²) in [5.74, 6) is -1.02. The predicted molar refractivity (Wildman–Crippen MR) is 71.4 cm³/mol. The third kappa shape index (κ3) is 5.08. The Morgan fingerprint density at radius 3 is 2.58 bits per heavy atom. The van der Waals surface area contributed by atoms with Crippen molar-refractivity contribution >= 4 is 16.0 Å². The van der Waals surface area contributed by atoms with Crippen LogP contribution in [-0.4, -0.2) is 43.5 Å². The highest BCUT2D eigenvalue weighted by molar-refractivity contribution is 7.90. The molecule has 3 atom stereocenters. The van der Waals surface area contributed by atoms with E-state index < -0.39 is 27.3 Å². The SMILES string of the molecule is CC(C)C[C@@H](NS(=O)(=O)C1CCOC(C)C1)C(=O)O. The summed E-state index contributed by atoms with van der Waals surface area (Å²) in [5, 5.41) is 8.52. The molecule has 6 nitrogen and oxygen atoms in total. The van der Waals surface area contributed by atoms with Gasteiger partial charge in [-0.05, 0) is 32.1 Å². The zero-order chi connectivity index (χ0) is 14.6. The fourth-order valence-corrected chi connectivity index (χ4v) is 3.92. The number of rotatable bonds is 6. The molecule has 1 saturated heterocycles. The first-order valence-electron chi connectivity index (χ1n) is 6.58. The fraction of sp³-hybridized carbons (Fsp3) is 0.917. The normalized spacial score (nSPS) is 26.3. The molecule has 0 aromatic carbocycles. The minimum absolute atomic E-state index is 0.108. The van der Waals surface area contributed by atoms with E-state index in [1.54, 1.807) is 0 Å². The zero-order valence-electron chi connectivity index (χ0n) is 11.6. The summed E-state index contributed by atoms with van der Waals surface area (Å²) in [6, 6.07) is -1.05. The summed E-state index contributed by atoms with van der Waals surface area (Å²) in [5.41, 5.74) is 0. The van der Waals surface area contributed by atoms with E-state index in [0.717, 1.165) is 0 Å². The fourth-order valence-electron chi connectivity index (χ4n) is 2.20. The molecule has 0 bridgehead atoms. The highest BCUT2D eigenvalue weighted by atomic mass is 32.2. The Bertz CT molecular complexity index is 406. The third-order valence-electron chi connectivity index (χ3n) is 3.19. The van der Waals surface area contributed by atoms with Crippen LogP contribution in [0, 0.1) is 5.92 Å². The Kier molecular flexibility index (Phi) is 5.76. The minimum atomic E-state index is -3.62. The van der Waals surface area contributed by atoms with Crippen LogP contribution in [0.4, 0.5) is 0 Å².